The predicted molar refractivity (Wildman–Crippen MR) is 57.8 cm³/mol. The Morgan fingerprint density at radius 1 is 1.25 bits per heavy atom. The molecule has 1 aromatic heterocycles. The quantitative estimate of drug-likeness (QED) is 0.844. The molecule has 16 heavy (non-hydrogen) atoms. The zero-order valence-electron chi connectivity index (χ0n) is 8.64. The average Bonchev–Trinajstić information content (AvgIpc) is 2.32. The smallest absolute Gasteiger partial charge is 0.212 e. The molecule has 0 amide bonds. The van der Waals surface area contributed by atoms with Crippen LogP contribution in [-0.4, -0.2) is 17.2 Å². The van der Waals surface area contributed by atoms with E-state index in [0.29, 0.717) is 17.0 Å². The number of halogens is 1. The van der Waals surface area contributed by atoms with Crippen LogP contribution in [0.25, 0.3) is 11.1 Å². The van der Waals surface area contributed by atoms with Crippen LogP contribution in [0, 0.1) is 5.82 Å². The molecule has 2 rings (SSSR count). The number of methoxy groups -OCH3 is 1. The van der Waals surface area contributed by atoms with Crippen molar-refractivity contribution in [3.05, 3.63) is 42.3 Å². The first-order valence-electron chi connectivity index (χ1n) is 4.69. The SMILES string of the molecule is COc1ccc(-c2cc(F)ccc2O)cn1. The lowest BCUT2D eigenvalue weighted by molar-refractivity contribution is 0.398. The minimum atomic E-state index is -0.399. The summed E-state index contributed by atoms with van der Waals surface area (Å²) in [5, 5.41) is 9.59. The molecule has 2 aromatic rings. The summed E-state index contributed by atoms with van der Waals surface area (Å²) in [5.41, 5.74) is 1.05. The highest BCUT2D eigenvalue weighted by Gasteiger charge is 2.06. The molecule has 0 spiro atoms. The van der Waals surface area contributed by atoms with Crippen molar-refractivity contribution in [1.82, 2.24) is 4.98 Å². The van der Waals surface area contributed by atoms with Crippen LogP contribution >= 0.6 is 0 Å². The molecular formula is C12H10FNO2. The zero-order valence-corrected chi connectivity index (χ0v) is 8.64. The summed E-state index contributed by atoms with van der Waals surface area (Å²) in [7, 11) is 1.52. The molecule has 0 unspecified atom stereocenters. The lowest BCUT2D eigenvalue weighted by Crippen LogP contribution is -1.88. The Morgan fingerprint density at radius 2 is 2.06 bits per heavy atom. The van der Waals surface area contributed by atoms with E-state index in [1.165, 1.54) is 31.5 Å². The molecule has 82 valence electrons. The van der Waals surface area contributed by atoms with E-state index in [1.807, 2.05) is 0 Å². The van der Waals surface area contributed by atoms with Crippen LogP contribution in [0.3, 0.4) is 0 Å². The van der Waals surface area contributed by atoms with Crippen molar-refractivity contribution in [2.24, 2.45) is 0 Å². The molecule has 4 heteroatoms. The van der Waals surface area contributed by atoms with Crippen molar-refractivity contribution in [2.45, 2.75) is 0 Å². The Labute approximate surface area is 92.1 Å². The highest BCUT2D eigenvalue weighted by atomic mass is 19.1. The molecule has 0 atom stereocenters. The third-order valence-electron chi connectivity index (χ3n) is 2.22. The summed E-state index contributed by atoms with van der Waals surface area (Å²) in [5.74, 6) is 0.0941. The first-order chi connectivity index (χ1) is 7.70. The van der Waals surface area contributed by atoms with Gasteiger partial charge in [-0.05, 0) is 24.3 Å². The van der Waals surface area contributed by atoms with E-state index in [-0.39, 0.29) is 5.75 Å². The standard InChI is InChI=1S/C12H10FNO2/c1-16-12-5-2-8(7-14-12)10-6-9(13)3-4-11(10)15/h2-7,15H,1H3. The van der Waals surface area contributed by atoms with Gasteiger partial charge < -0.3 is 9.84 Å². The number of phenols is 1. The van der Waals surface area contributed by atoms with Crippen molar-refractivity contribution < 1.29 is 14.2 Å². The van der Waals surface area contributed by atoms with Crippen LogP contribution in [0.4, 0.5) is 4.39 Å². The van der Waals surface area contributed by atoms with E-state index in [4.69, 9.17) is 4.74 Å². The molecule has 0 saturated heterocycles. The maximum Gasteiger partial charge on any atom is 0.212 e. The Morgan fingerprint density at radius 3 is 2.69 bits per heavy atom. The molecule has 0 bridgehead atoms. The number of phenolic OH excluding ortho intramolecular Hbond substituents is 1. The van der Waals surface area contributed by atoms with Crippen LogP contribution in [0.1, 0.15) is 0 Å². The van der Waals surface area contributed by atoms with Crippen molar-refractivity contribution in [3.8, 4) is 22.8 Å². The van der Waals surface area contributed by atoms with E-state index in [1.54, 1.807) is 12.1 Å². The van der Waals surface area contributed by atoms with E-state index < -0.39 is 5.82 Å². The van der Waals surface area contributed by atoms with Gasteiger partial charge in [-0.25, -0.2) is 9.37 Å². The summed E-state index contributed by atoms with van der Waals surface area (Å²) in [6, 6.07) is 7.14. The minimum Gasteiger partial charge on any atom is -0.507 e. The number of rotatable bonds is 2. The highest BCUT2D eigenvalue weighted by Crippen LogP contribution is 2.29. The van der Waals surface area contributed by atoms with E-state index in [0.717, 1.165) is 0 Å². The lowest BCUT2D eigenvalue weighted by atomic mass is 10.1. The Bertz CT molecular complexity index is 497. The number of hydrogen-bond donors (Lipinski definition) is 1. The molecule has 0 aliphatic rings. The first kappa shape index (κ1) is 10.4. The van der Waals surface area contributed by atoms with Gasteiger partial charge in [0, 0.05) is 23.4 Å². The molecule has 0 aliphatic heterocycles. The molecule has 3 nitrogen and oxygen atoms in total. The third kappa shape index (κ3) is 1.95. The molecular weight excluding hydrogens is 209 g/mol. The Balaban J connectivity index is 2.45. The van der Waals surface area contributed by atoms with Crippen LogP contribution in [0.2, 0.25) is 0 Å². The van der Waals surface area contributed by atoms with Crippen LogP contribution in [0.15, 0.2) is 36.5 Å². The van der Waals surface area contributed by atoms with Crippen molar-refractivity contribution in [3.63, 3.8) is 0 Å². The number of hydrogen-bond acceptors (Lipinski definition) is 3. The normalized spacial score (nSPS) is 10.1. The van der Waals surface area contributed by atoms with Gasteiger partial charge in [0.05, 0.1) is 7.11 Å². The summed E-state index contributed by atoms with van der Waals surface area (Å²) in [4.78, 5) is 3.99. The molecule has 1 aromatic carbocycles. The molecule has 0 saturated carbocycles. The van der Waals surface area contributed by atoms with Gasteiger partial charge in [-0.1, -0.05) is 0 Å². The number of benzene rings is 1. The average molecular weight is 219 g/mol. The zero-order chi connectivity index (χ0) is 11.5. The third-order valence-corrected chi connectivity index (χ3v) is 2.22. The summed E-state index contributed by atoms with van der Waals surface area (Å²) >= 11 is 0. The first-order valence-corrected chi connectivity index (χ1v) is 4.69. The molecule has 1 heterocycles. The number of aromatic nitrogens is 1. The van der Waals surface area contributed by atoms with Crippen molar-refractivity contribution in [2.75, 3.05) is 7.11 Å². The Kier molecular flexibility index (Phi) is 2.72. The number of nitrogens with zero attached hydrogens (tertiary/aromatic N) is 1. The fourth-order valence-electron chi connectivity index (χ4n) is 1.40. The van der Waals surface area contributed by atoms with Gasteiger partial charge in [-0.15, -0.1) is 0 Å². The lowest BCUT2D eigenvalue weighted by Gasteiger charge is -2.05. The largest absolute Gasteiger partial charge is 0.507 e. The molecule has 0 aliphatic carbocycles. The molecule has 0 radical (unpaired) electrons. The number of aromatic hydroxyl groups is 1. The topological polar surface area (TPSA) is 42.4 Å². The Hall–Kier alpha value is -2.10. The maximum atomic E-state index is 13.0. The summed E-state index contributed by atoms with van der Waals surface area (Å²) in [6.45, 7) is 0. The fourth-order valence-corrected chi connectivity index (χ4v) is 1.40. The monoisotopic (exact) mass is 219 g/mol. The van der Waals surface area contributed by atoms with E-state index >= 15 is 0 Å². The van der Waals surface area contributed by atoms with Crippen LogP contribution in [-0.2, 0) is 0 Å². The van der Waals surface area contributed by atoms with Gasteiger partial charge in [0.25, 0.3) is 0 Å². The maximum absolute atomic E-state index is 13.0. The number of pyridine rings is 1. The second-order valence-electron chi connectivity index (χ2n) is 3.25. The van der Waals surface area contributed by atoms with Gasteiger partial charge in [-0.3, -0.25) is 0 Å². The van der Waals surface area contributed by atoms with Crippen LogP contribution in [0.5, 0.6) is 11.6 Å². The number of ether oxygens (including phenoxy) is 1. The predicted octanol–water partition coefficient (Wildman–Crippen LogP) is 2.60. The minimum absolute atomic E-state index is 0.0216. The van der Waals surface area contributed by atoms with E-state index in [9.17, 15) is 9.50 Å². The second kappa shape index (κ2) is 4.18. The van der Waals surface area contributed by atoms with Gasteiger partial charge in [0.15, 0.2) is 0 Å². The summed E-state index contributed by atoms with van der Waals surface area (Å²) < 4.78 is 17.9. The highest BCUT2D eigenvalue weighted by molar-refractivity contribution is 5.69. The van der Waals surface area contributed by atoms with Gasteiger partial charge in [0.2, 0.25) is 5.88 Å². The molecule has 1 N–H and O–H groups in total. The van der Waals surface area contributed by atoms with Crippen molar-refractivity contribution >= 4 is 0 Å². The van der Waals surface area contributed by atoms with Crippen LogP contribution < -0.4 is 4.74 Å². The summed E-state index contributed by atoms with van der Waals surface area (Å²) in [6.07, 6.45) is 1.52. The van der Waals surface area contributed by atoms with Crippen molar-refractivity contribution in [1.29, 1.82) is 0 Å². The second-order valence-corrected chi connectivity index (χ2v) is 3.25. The van der Waals surface area contributed by atoms with Gasteiger partial charge in [-0.2, -0.15) is 0 Å². The fraction of sp³-hybridized carbons (Fsp3) is 0.0833. The van der Waals surface area contributed by atoms with Gasteiger partial charge in [0.1, 0.15) is 11.6 Å². The molecule has 0 fully saturated rings. The van der Waals surface area contributed by atoms with Gasteiger partial charge >= 0.3 is 0 Å². The van der Waals surface area contributed by atoms with E-state index in [2.05, 4.69) is 4.98 Å².